The van der Waals surface area contributed by atoms with Crippen molar-refractivity contribution in [2.24, 2.45) is 28.6 Å². The van der Waals surface area contributed by atoms with Gasteiger partial charge < -0.3 is 9.47 Å². The Morgan fingerprint density at radius 2 is 1.86 bits per heavy atom. The SMILES string of the molecule is CC(=O)O[C@@H]1O[C@@]2(C)OC(=O)C3=C(C)[C@@H]([C@@]4(C)CCCC(C)(C)C4)CC[C@@H]1[C@H]32. The number of carbonyl (C=O) groups excluding carboxylic acids is 2. The molecule has 0 aromatic rings. The lowest BCUT2D eigenvalue weighted by atomic mass is 9.57. The van der Waals surface area contributed by atoms with Gasteiger partial charge in [0.1, 0.15) is 0 Å². The third-order valence-electron chi connectivity index (χ3n) is 7.86. The number of ether oxygens (including phenoxy) is 3. The summed E-state index contributed by atoms with van der Waals surface area (Å²) in [5.41, 5.74) is 2.46. The van der Waals surface area contributed by atoms with Gasteiger partial charge in [0, 0.05) is 25.3 Å². The quantitative estimate of drug-likeness (QED) is 0.637. The Kier molecular flexibility index (Phi) is 4.50. The van der Waals surface area contributed by atoms with Crippen LogP contribution in [0.5, 0.6) is 0 Å². The molecule has 0 radical (unpaired) electrons. The lowest BCUT2D eigenvalue weighted by molar-refractivity contribution is -0.246. The van der Waals surface area contributed by atoms with Gasteiger partial charge >= 0.3 is 11.9 Å². The molecule has 1 saturated carbocycles. The molecule has 0 aromatic carbocycles. The van der Waals surface area contributed by atoms with Crippen molar-refractivity contribution in [3.63, 3.8) is 0 Å². The van der Waals surface area contributed by atoms with Gasteiger partial charge in [-0.3, -0.25) is 9.53 Å². The Labute approximate surface area is 168 Å². The van der Waals surface area contributed by atoms with E-state index in [4.69, 9.17) is 14.2 Å². The van der Waals surface area contributed by atoms with E-state index in [1.54, 1.807) is 0 Å². The maximum atomic E-state index is 12.9. The monoisotopic (exact) mass is 390 g/mol. The highest BCUT2D eigenvalue weighted by Crippen LogP contribution is 2.60. The minimum Gasteiger partial charge on any atom is -0.435 e. The van der Waals surface area contributed by atoms with E-state index in [0.717, 1.165) is 18.4 Å². The van der Waals surface area contributed by atoms with Gasteiger partial charge in [-0.05, 0) is 55.8 Å². The fourth-order valence-electron chi connectivity index (χ4n) is 7.02. The van der Waals surface area contributed by atoms with Crippen LogP contribution in [-0.4, -0.2) is 24.0 Å². The first-order chi connectivity index (χ1) is 13.0. The lowest BCUT2D eigenvalue weighted by Crippen LogP contribution is -2.37. The number of esters is 2. The number of hydrogen-bond donors (Lipinski definition) is 0. The molecule has 5 nitrogen and oxygen atoms in total. The second-order valence-corrected chi connectivity index (χ2v) is 10.7. The third kappa shape index (κ3) is 3.01. The van der Waals surface area contributed by atoms with Crippen LogP contribution < -0.4 is 0 Å². The lowest BCUT2D eigenvalue weighted by Gasteiger charge is -2.48. The zero-order valence-electron chi connectivity index (χ0n) is 18.1. The van der Waals surface area contributed by atoms with E-state index in [-0.39, 0.29) is 29.2 Å². The van der Waals surface area contributed by atoms with Gasteiger partial charge in [-0.15, -0.1) is 0 Å². The number of carbonyl (C=O) groups is 2. The summed E-state index contributed by atoms with van der Waals surface area (Å²) in [4.78, 5) is 24.5. The molecule has 0 N–H and O–H groups in total. The molecule has 0 bridgehead atoms. The predicted molar refractivity (Wildman–Crippen MR) is 104 cm³/mol. The van der Waals surface area contributed by atoms with E-state index in [2.05, 4.69) is 27.7 Å². The van der Waals surface area contributed by atoms with Crippen molar-refractivity contribution in [2.75, 3.05) is 0 Å². The molecule has 2 heterocycles. The normalized spacial score (nSPS) is 44.7. The first-order valence-corrected chi connectivity index (χ1v) is 10.7. The summed E-state index contributed by atoms with van der Waals surface area (Å²) in [7, 11) is 0. The molecule has 6 atom stereocenters. The molecule has 0 unspecified atom stereocenters. The molecule has 4 rings (SSSR count). The molecule has 28 heavy (non-hydrogen) atoms. The Morgan fingerprint density at radius 1 is 1.14 bits per heavy atom. The molecule has 0 aromatic heterocycles. The van der Waals surface area contributed by atoms with Crippen LogP contribution in [0.2, 0.25) is 0 Å². The Bertz CT molecular complexity index is 737. The van der Waals surface area contributed by atoms with Crippen molar-refractivity contribution in [3.05, 3.63) is 11.1 Å². The second kappa shape index (κ2) is 6.32. The minimum atomic E-state index is -1.03. The van der Waals surface area contributed by atoms with Crippen LogP contribution in [0.4, 0.5) is 0 Å². The van der Waals surface area contributed by atoms with Crippen LogP contribution in [0.3, 0.4) is 0 Å². The summed E-state index contributed by atoms with van der Waals surface area (Å²) in [6.45, 7) is 12.5. The van der Waals surface area contributed by atoms with E-state index >= 15 is 0 Å². The highest BCUT2D eigenvalue weighted by molar-refractivity contribution is 5.93. The van der Waals surface area contributed by atoms with Crippen molar-refractivity contribution in [3.8, 4) is 0 Å². The van der Waals surface area contributed by atoms with Crippen molar-refractivity contribution < 1.29 is 23.8 Å². The van der Waals surface area contributed by atoms with E-state index in [0.29, 0.717) is 11.3 Å². The fraction of sp³-hybridized carbons (Fsp3) is 0.826. The molecule has 2 aliphatic carbocycles. The van der Waals surface area contributed by atoms with Crippen molar-refractivity contribution in [1.82, 2.24) is 0 Å². The van der Waals surface area contributed by atoms with Crippen LogP contribution in [0.15, 0.2) is 11.1 Å². The molecule has 2 aliphatic heterocycles. The Morgan fingerprint density at radius 3 is 2.50 bits per heavy atom. The summed E-state index contributed by atoms with van der Waals surface area (Å²) in [5, 5.41) is 0. The Hall–Kier alpha value is -1.36. The van der Waals surface area contributed by atoms with Crippen molar-refractivity contribution >= 4 is 11.9 Å². The molecule has 156 valence electrons. The van der Waals surface area contributed by atoms with Crippen molar-refractivity contribution in [2.45, 2.75) is 92.1 Å². The van der Waals surface area contributed by atoms with Crippen LogP contribution in [0, 0.1) is 28.6 Å². The van der Waals surface area contributed by atoms with Gasteiger partial charge in [-0.1, -0.05) is 32.8 Å². The molecule has 0 spiro atoms. The van der Waals surface area contributed by atoms with Crippen molar-refractivity contribution in [1.29, 1.82) is 0 Å². The second-order valence-electron chi connectivity index (χ2n) is 10.7. The maximum Gasteiger partial charge on any atom is 0.337 e. The van der Waals surface area contributed by atoms with Gasteiger partial charge in [0.25, 0.3) is 0 Å². The standard InChI is InChI=1S/C23H34O5/c1-13-16(22(5)11-7-10-21(3,4)12-22)9-8-15-18-17(13)19(25)27-23(18,6)28-20(15)26-14(2)24/h15-16,18,20H,7-12H2,1-6H3/t15-,16+,18-,20-,22+,23-/m1/s1. The van der Waals surface area contributed by atoms with E-state index in [1.807, 2.05) is 6.92 Å². The fourth-order valence-corrected chi connectivity index (χ4v) is 7.02. The Balaban J connectivity index is 1.74. The summed E-state index contributed by atoms with van der Waals surface area (Å²) < 4.78 is 17.2. The topological polar surface area (TPSA) is 61.8 Å². The van der Waals surface area contributed by atoms with Gasteiger partial charge in [0.15, 0.2) is 0 Å². The molecule has 4 aliphatic rings. The maximum absolute atomic E-state index is 12.9. The predicted octanol–water partition coefficient (Wildman–Crippen LogP) is 4.74. The summed E-state index contributed by atoms with van der Waals surface area (Å²) in [5.74, 6) is -1.48. The van der Waals surface area contributed by atoms with Crippen LogP contribution >= 0.6 is 0 Å². The average Bonchev–Trinajstić information content (AvgIpc) is 2.84. The van der Waals surface area contributed by atoms with Gasteiger partial charge in [0.05, 0.1) is 5.92 Å². The minimum absolute atomic E-state index is 0.0319. The number of hydrogen-bond acceptors (Lipinski definition) is 5. The van der Waals surface area contributed by atoms with E-state index in [1.165, 1.54) is 38.2 Å². The molecular formula is C23H34O5. The third-order valence-corrected chi connectivity index (χ3v) is 7.86. The first kappa shape index (κ1) is 19.9. The highest BCUT2D eigenvalue weighted by atomic mass is 16.8. The van der Waals surface area contributed by atoms with Crippen LogP contribution in [-0.2, 0) is 23.8 Å². The highest BCUT2D eigenvalue weighted by Gasteiger charge is 2.65. The molecule has 3 fully saturated rings. The summed E-state index contributed by atoms with van der Waals surface area (Å²) in [6, 6.07) is 0. The molecule has 2 saturated heterocycles. The number of rotatable bonds is 2. The van der Waals surface area contributed by atoms with Crippen LogP contribution in [0.25, 0.3) is 0 Å². The summed E-state index contributed by atoms with van der Waals surface area (Å²) in [6.07, 6.45) is 6.08. The largest absolute Gasteiger partial charge is 0.435 e. The van der Waals surface area contributed by atoms with Gasteiger partial charge in [-0.25, -0.2) is 4.79 Å². The molecular weight excluding hydrogens is 356 g/mol. The number of allylic oxidation sites excluding steroid dienone is 1. The zero-order chi connectivity index (χ0) is 20.5. The smallest absolute Gasteiger partial charge is 0.337 e. The zero-order valence-corrected chi connectivity index (χ0v) is 18.1. The first-order valence-electron chi connectivity index (χ1n) is 10.7. The molecule has 0 amide bonds. The van der Waals surface area contributed by atoms with E-state index < -0.39 is 12.1 Å². The molecule has 5 heteroatoms. The van der Waals surface area contributed by atoms with Crippen LogP contribution in [0.1, 0.15) is 80.1 Å². The van der Waals surface area contributed by atoms with Gasteiger partial charge in [0.2, 0.25) is 12.1 Å². The summed E-state index contributed by atoms with van der Waals surface area (Å²) >= 11 is 0. The van der Waals surface area contributed by atoms with E-state index in [9.17, 15) is 9.59 Å². The van der Waals surface area contributed by atoms with Gasteiger partial charge in [-0.2, -0.15) is 0 Å². The average molecular weight is 391 g/mol.